The Kier molecular flexibility index (Phi) is 5.46. The quantitative estimate of drug-likeness (QED) is 0.400. The molecule has 0 unspecified atom stereocenters. The first-order valence-electron chi connectivity index (χ1n) is 9.71. The summed E-state index contributed by atoms with van der Waals surface area (Å²) in [5.41, 5.74) is 4.43. The summed E-state index contributed by atoms with van der Waals surface area (Å²) in [7, 11) is 0. The van der Waals surface area contributed by atoms with E-state index in [0.29, 0.717) is 0 Å². The summed E-state index contributed by atoms with van der Waals surface area (Å²) in [5, 5.41) is 0.217. The van der Waals surface area contributed by atoms with E-state index >= 15 is 0 Å². The predicted molar refractivity (Wildman–Crippen MR) is 103 cm³/mol. The lowest BCUT2D eigenvalue weighted by Crippen LogP contribution is -2.44. The molecule has 4 amide bonds. The van der Waals surface area contributed by atoms with E-state index in [0.717, 1.165) is 24.2 Å². The van der Waals surface area contributed by atoms with Crippen LogP contribution < -0.4 is 10.9 Å². The number of halogens is 1. The molecule has 0 radical (unpaired) electrons. The van der Waals surface area contributed by atoms with Crippen molar-refractivity contribution in [3.63, 3.8) is 0 Å². The second kappa shape index (κ2) is 8.06. The van der Waals surface area contributed by atoms with Crippen LogP contribution in [0.1, 0.15) is 29.6 Å². The number of nitrogens with one attached hydrogen (secondary N) is 2. The minimum absolute atomic E-state index is 0.169. The fourth-order valence-corrected chi connectivity index (χ4v) is 5.04. The Morgan fingerprint density at radius 3 is 2.30 bits per heavy atom. The number of nitrogens with zero attached hydrogens (tertiary/aromatic N) is 1. The molecule has 1 heterocycles. The second-order valence-electron chi connectivity index (χ2n) is 7.79. The number of amides is 4. The summed E-state index contributed by atoms with van der Waals surface area (Å²) in [6, 6.07) is 6.28. The van der Waals surface area contributed by atoms with Crippen LogP contribution >= 0.6 is 11.6 Å². The Balaban J connectivity index is 1.23. The van der Waals surface area contributed by atoms with Gasteiger partial charge in [0.2, 0.25) is 11.8 Å². The molecule has 9 nitrogen and oxygen atoms in total. The maximum atomic E-state index is 12.6. The van der Waals surface area contributed by atoms with Gasteiger partial charge in [0.1, 0.15) is 6.54 Å². The van der Waals surface area contributed by atoms with Crippen molar-refractivity contribution in [2.75, 3.05) is 13.2 Å². The zero-order valence-corrected chi connectivity index (χ0v) is 16.7. The normalized spacial score (nSPS) is 26.5. The third-order valence-corrected chi connectivity index (χ3v) is 6.43. The van der Waals surface area contributed by atoms with Crippen molar-refractivity contribution in [2.24, 2.45) is 23.7 Å². The summed E-state index contributed by atoms with van der Waals surface area (Å²) in [6.07, 6.45) is 2.80. The van der Waals surface area contributed by atoms with E-state index < -0.39 is 30.9 Å². The highest BCUT2D eigenvalue weighted by molar-refractivity contribution is 6.33. The van der Waals surface area contributed by atoms with Crippen molar-refractivity contribution >= 4 is 41.2 Å². The van der Waals surface area contributed by atoms with Crippen LogP contribution in [0, 0.1) is 23.7 Å². The number of esters is 1. The van der Waals surface area contributed by atoms with Gasteiger partial charge >= 0.3 is 5.97 Å². The number of imide groups is 1. The Bertz CT molecular complexity index is 907. The van der Waals surface area contributed by atoms with Crippen LogP contribution in [0.25, 0.3) is 0 Å². The molecule has 1 aromatic carbocycles. The van der Waals surface area contributed by atoms with Gasteiger partial charge in [-0.25, -0.2) is 0 Å². The van der Waals surface area contributed by atoms with Crippen molar-refractivity contribution < 1.29 is 28.7 Å². The number of hydrogen-bond donors (Lipinski definition) is 2. The van der Waals surface area contributed by atoms with E-state index in [9.17, 15) is 24.0 Å². The average Bonchev–Trinajstić information content (AvgIpc) is 3.41. The molecule has 3 aliphatic rings. The molecule has 10 heteroatoms. The van der Waals surface area contributed by atoms with Gasteiger partial charge in [0, 0.05) is 0 Å². The molecular weight excluding hydrogens is 414 g/mol. The molecule has 30 heavy (non-hydrogen) atoms. The molecule has 1 aliphatic heterocycles. The highest BCUT2D eigenvalue weighted by atomic mass is 35.5. The summed E-state index contributed by atoms with van der Waals surface area (Å²) >= 11 is 5.90. The first-order chi connectivity index (χ1) is 14.4. The lowest BCUT2D eigenvalue weighted by Gasteiger charge is -2.19. The topological polar surface area (TPSA) is 122 Å². The molecule has 2 aliphatic carbocycles. The number of hydrogen-bond acceptors (Lipinski definition) is 6. The first-order valence-corrected chi connectivity index (χ1v) is 10.1. The Labute approximate surface area is 177 Å². The minimum atomic E-state index is -0.864. The lowest BCUT2D eigenvalue weighted by atomic mass is 9.81. The molecule has 2 N–H and O–H groups in total. The number of ether oxygens (including phenoxy) is 1. The number of carbonyl (C=O) groups excluding carboxylic acids is 5. The average molecular weight is 434 g/mol. The number of fused-ring (bicyclic) bond motifs is 5. The number of hydrazine groups is 1. The van der Waals surface area contributed by atoms with Gasteiger partial charge in [0.25, 0.3) is 11.8 Å². The fraction of sp³-hybridized carbons (Fsp3) is 0.450. The van der Waals surface area contributed by atoms with Gasteiger partial charge in [-0.1, -0.05) is 23.7 Å². The van der Waals surface area contributed by atoms with Crippen molar-refractivity contribution in [2.45, 2.75) is 19.3 Å². The fourth-order valence-electron chi connectivity index (χ4n) is 4.82. The molecule has 0 aromatic heterocycles. The summed E-state index contributed by atoms with van der Waals surface area (Å²) in [4.78, 5) is 61.9. The number of rotatable bonds is 5. The molecule has 2 saturated carbocycles. The van der Waals surface area contributed by atoms with E-state index in [1.165, 1.54) is 12.1 Å². The third kappa shape index (κ3) is 3.65. The predicted octanol–water partition coefficient (Wildman–Crippen LogP) is 0.675. The SMILES string of the molecule is O=C(COC(=O)CN1C(=O)[C@@H]2[C@H]3CC[C@@H](C3)[C@@H]2C1=O)NNC(=O)c1ccccc1Cl. The second-order valence-corrected chi connectivity index (χ2v) is 8.20. The van der Waals surface area contributed by atoms with Crippen LogP contribution in [0.15, 0.2) is 24.3 Å². The highest BCUT2D eigenvalue weighted by Gasteiger charge is 2.61. The van der Waals surface area contributed by atoms with Crippen LogP contribution in [-0.2, 0) is 23.9 Å². The van der Waals surface area contributed by atoms with Crippen LogP contribution in [-0.4, -0.2) is 47.6 Å². The Morgan fingerprint density at radius 2 is 1.67 bits per heavy atom. The largest absolute Gasteiger partial charge is 0.454 e. The number of carbonyl (C=O) groups is 5. The monoisotopic (exact) mass is 433 g/mol. The molecule has 4 rings (SSSR count). The molecule has 3 fully saturated rings. The third-order valence-electron chi connectivity index (χ3n) is 6.10. The van der Waals surface area contributed by atoms with Crippen LogP contribution in [0.3, 0.4) is 0 Å². The highest BCUT2D eigenvalue weighted by Crippen LogP contribution is 2.56. The van der Waals surface area contributed by atoms with Crippen molar-refractivity contribution in [1.82, 2.24) is 15.8 Å². The summed E-state index contributed by atoms with van der Waals surface area (Å²) in [6.45, 7) is -1.18. The number of benzene rings is 1. The Morgan fingerprint density at radius 1 is 1.03 bits per heavy atom. The molecule has 1 saturated heterocycles. The van der Waals surface area contributed by atoms with Crippen molar-refractivity contribution in [3.05, 3.63) is 34.9 Å². The smallest absolute Gasteiger partial charge is 0.326 e. The van der Waals surface area contributed by atoms with E-state index in [4.69, 9.17) is 16.3 Å². The number of likely N-dealkylation sites (tertiary alicyclic amines) is 1. The molecule has 2 bridgehead atoms. The van der Waals surface area contributed by atoms with Crippen LogP contribution in [0.5, 0.6) is 0 Å². The molecule has 158 valence electrons. The molecular formula is C20H20ClN3O6. The molecule has 4 atom stereocenters. The van der Waals surface area contributed by atoms with E-state index in [1.54, 1.807) is 12.1 Å². The Hall–Kier alpha value is -2.94. The summed E-state index contributed by atoms with van der Waals surface area (Å²) < 4.78 is 4.84. The van der Waals surface area contributed by atoms with Gasteiger partial charge in [0.05, 0.1) is 22.4 Å². The van der Waals surface area contributed by atoms with E-state index in [1.807, 2.05) is 0 Å². The zero-order valence-electron chi connectivity index (χ0n) is 15.9. The molecule has 0 spiro atoms. The van der Waals surface area contributed by atoms with Gasteiger partial charge < -0.3 is 4.74 Å². The van der Waals surface area contributed by atoms with Gasteiger partial charge in [0.15, 0.2) is 6.61 Å². The van der Waals surface area contributed by atoms with Gasteiger partial charge in [-0.2, -0.15) is 0 Å². The minimum Gasteiger partial charge on any atom is -0.454 e. The molecule has 1 aromatic rings. The first kappa shape index (κ1) is 20.3. The van der Waals surface area contributed by atoms with Crippen molar-refractivity contribution in [1.29, 1.82) is 0 Å². The maximum absolute atomic E-state index is 12.6. The van der Waals surface area contributed by atoms with Gasteiger partial charge in [-0.15, -0.1) is 0 Å². The van der Waals surface area contributed by atoms with Gasteiger partial charge in [-0.3, -0.25) is 39.7 Å². The summed E-state index contributed by atoms with van der Waals surface area (Å²) in [5.74, 6) is -3.07. The zero-order chi connectivity index (χ0) is 21.4. The maximum Gasteiger partial charge on any atom is 0.326 e. The van der Waals surface area contributed by atoms with E-state index in [2.05, 4.69) is 10.9 Å². The van der Waals surface area contributed by atoms with Crippen LogP contribution in [0.2, 0.25) is 5.02 Å². The standard InChI is InChI=1S/C20H20ClN3O6/c21-13-4-2-1-3-12(13)18(27)23-22-14(25)9-30-15(26)8-24-19(28)16-10-5-6-11(7-10)17(16)20(24)29/h1-4,10-11,16-17H,5-9H2,(H,22,25)(H,23,27)/t10-,11-,16-,17+/m0/s1. The lowest BCUT2D eigenvalue weighted by molar-refractivity contribution is -0.155. The van der Waals surface area contributed by atoms with E-state index in [-0.39, 0.29) is 46.1 Å². The van der Waals surface area contributed by atoms with Crippen molar-refractivity contribution in [3.8, 4) is 0 Å². The van der Waals surface area contributed by atoms with Gasteiger partial charge in [-0.05, 0) is 43.2 Å². The van der Waals surface area contributed by atoms with Crippen LogP contribution in [0.4, 0.5) is 0 Å².